The predicted octanol–water partition coefficient (Wildman–Crippen LogP) is 5.15. The van der Waals surface area contributed by atoms with Gasteiger partial charge in [-0.05, 0) is 33.6 Å². The normalized spacial score (nSPS) is 11.2. The molecule has 0 radical (unpaired) electrons. The Morgan fingerprint density at radius 2 is 1.65 bits per heavy atom. The molecule has 0 aliphatic rings. The van der Waals surface area contributed by atoms with Gasteiger partial charge in [0.25, 0.3) is 0 Å². The molecular formula is C17H11BrN2. The van der Waals surface area contributed by atoms with Crippen molar-refractivity contribution in [2.24, 2.45) is 0 Å². The SMILES string of the molecule is Brc1cc(-c2ccccc2)c2[nH]c3ccccc3c2n1. The third-order valence-corrected chi connectivity index (χ3v) is 3.92. The minimum absolute atomic E-state index is 0.855. The van der Waals surface area contributed by atoms with Crippen LogP contribution in [0.5, 0.6) is 0 Å². The van der Waals surface area contributed by atoms with Crippen LogP contribution in [0, 0.1) is 0 Å². The Labute approximate surface area is 124 Å². The molecule has 0 aliphatic heterocycles. The number of benzene rings is 2. The maximum absolute atomic E-state index is 4.64. The zero-order valence-electron chi connectivity index (χ0n) is 10.6. The fourth-order valence-electron chi connectivity index (χ4n) is 2.61. The highest BCUT2D eigenvalue weighted by Crippen LogP contribution is 2.33. The molecule has 0 fully saturated rings. The minimum Gasteiger partial charge on any atom is -0.353 e. The molecule has 2 aromatic heterocycles. The van der Waals surface area contributed by atoms with Crippen LogP contribution in [0.4, 0.5) is 0 Å². The number of hydrogen-bond acceptors (Lipinski definition) is 1. The van der Waals surface area contributed by atoms with Gasteiger partial charge >= 0.3 is 0 Å². The van der Waals surface area contributed by atoms with Crippen molar-refractivity contribution in [2.75, 3.05) is 0 Å². The summed E-state index contributed by atoms with van der Waals surface area (Å²) in [5.41, 5.74) is 5.56. The molecule has 3 heteroatoms. The summed E-state index contributed by atoms with van der Waals surface area (Å²) in [7, 11) is 0. The first kappa shape index (κ1) is 11.7. The number of rotatable bonds is 1. The molecule has 2 nitrogen and oxygen atoms in total. The molecule has 2 heterocycles. The van der Waals surface area contributed by atoms with Crippen LogP contribution in [0.25, 0.3) is 33.1 Å². The van der Waals surface area contributed by atoms with E-state index in [0.717, 1.165) is 26.5 Å². The maximum atomic E-state index is 4.64. The second kappa shape index (κ2) is 4.46. The van der Waals surface area contributed by atoms with Crippen molar-refractivity contribution in [3.8, 4) is 11.1 Å². The number of nitrogens with zero attached hydrogens (tertiary/aromatic N) is 1. The number of nitrogens with one attached hydrogen (secondary N) is 1. The standard InChI is InChI=1S/C17H11BrN2/c18-15-10-13(11-6-2-1-3-7-11)17-16(20-15)12-8-4-5-9-14(12)19-17/h1-10,19H. The van der Waals surface area contributed by atoms with Gasteiger partial charge < -0.3 is 4.98 Å². The van der Waals surface area contributed by atoms with Crippen LogP contribution in [-0.4, -0.2) is 9.97 Å². The van der Waals surface area contributed by atoms with Gasteiger partial charge in [0.1, 0.15) is 4.60 Å². The summed E-state index contributed by atoms with van der Waals surface area (Å²) < 4.78 is 0.855. The van der Waals surface area contributed by atoms with Gasteiger partial charge in [-0.25, -0.2) is 4.98 Å². The number of aromatic nitrogens is 2. The van der Waals surface area contributed by atoms with Gasteiger partial charge in [-0.2, -0.15) is 0 Å². The lowest BCUT2D eigenvalue weighted by Crippen LogP contribution is -1.84. The second-order valence-corrected chi connectivity index (χ2v) is 5.57. The number of hydrogen-bond donors (Lipinski definition) is 1. The molecule has 0 saturated carbocycles. The molecule has 0 spiro atoms. The Bertz CT molecular complexity index is 910. The molecule has 0 unspecified atom stereocenters. The van der Waals surface area contributed by atoms with Crippen molar-refractivity contribution in [1.82, 2.24) is 9.97 Å². The maximum Gasteiger partial charge on any atom is 0.107 e. The van der Waals surface area contributed by atoms with E-state index in [1.165, 1.54) is 11.1 Å². The number of para-hydroxylation sites is 1. The van der Waals surface area contributed by atoms with Crippen LogP contribution in [0.1, 0.15) is 0 Å². The monoisotopic (exact) mass is 322 g/mol. The Morgan fingerprint density at radius 3 is 2.50 bits per heavy atom. The van der Waals surface area contributed by atoms with Gasteiger partial charge in [-0.15, -0.1) is 0 Å². The van der Waals surface area contributed by atoms with Crippen LogP contribution in [0.15, 0.2) is 65.3 Å². The smallest absolute Gasteiger partial charge is 0.107 e. The lowest BCUT2D eigenvalue weighted by molar-refractivity contribution is 1.36. The average molecular weight is 323 g/mol. The van der Waals surface area contributed by atoms with Crippen molar-refractivity contribution in [1.29, 1.82) is 0 Å². The summed E-state index contributed by atoms with van der Waals surface area (Å²) in [5, 5.41) is 1.15. The van der Waals surface area contributed by atoms with Gasteiger partial charge in [0.05, 0.1) is 11.0 Å². The van der Waals surface area contributed by atoms with E-state index in [1.807, 2.05) is 18.2 Å². The van der Waals surface area contributed by atoms with Crippen molar-refractivity contribution in [3.63, 3.8) is 0 Å². The lowest BCUT2D eigenvalue weighted by atomic mass is 10.1. The summed E-state index contributed by atoms with van der Waals surface area (Å²) >= 11 is 3.53. The quantitative estimate of drug-likeness (QED) is 0.482. The Morgan fingerprint density at radius 1 is 0.900 bits per heavy atom. The summed E-state index contributed by atoms with van der Waals surface area (Å²) in [6.45, 7) is 0. The highest BCUT2D eigenvalue weighted by molar-refractivity contribution is 9.10. The van der Waals surface area contributed by atoms with Gasteiger partial charge in [-0.1, -0.05) is 48.5 Å². The molecule has 1 N–H and O–H groups in total. The summed E-state index contributed by atoms with van der Waals surface area (Å²) in [5.74, 6) is 0. The first-order valence-electron chi connectivity index (χ1n) is 6.45. The largest absolute Gasteiger partial charge is 0.353 e. The number of aromatic amines is 1. The van der Waals surface area contributed by atoms with Crippen LogP contribution < -0.4 is 0 Å². The van der Waals surface area contributed by atoms with Gasteiger partial charge in [0.2, 0.25) is 0 Å². The van der Waals surface area contributed by atoms with Crippen LogP contribution >= 0.6 is 15.9 Å². The van der Waals surface area contributed by atoms with E-state index >= 15 is 0 Å². The number of H-pyrrole nitrogens is 1. The topological polar surface area (TPSA) is 28.7 Å². The molecule has 0 saturated heterocycles. The van der Waals surface area contributed by atoms with Crippen LogP contribution in [0.3, 0.4) is 0 Å². The van der Waals surface area contributed by atoms with Gasteiger partial charge in [0.15, 0.2) is 0 Å². The van der Waals surface area contributed by atoms with Crippen molar-refractivity contribution < 1.29 is 0 Å². The predicted molar refractivity (Wildman–Crippen MR) is 86.7 cm³/mol. The minimum atomic E-state index is 0.855. The molecule has 20 heavy (non-hydrogen) atoms. The fourth-order valence-corrected chi connectivity index (χ4v) is 3.02. The highest BCUT2D eigenvalue weighted by Gasteiger charge is 2.11. The zero-order valence-corrected chi connectivity index (χ0v) is 12.2. The molecule has 0 amide bonds. The van der Waals surface area contributed by atoms with Gasteiger partial charge in [0, 0.05) is 16.5 Å². The molecule has 2 aromatic carbocycles. The molecule has 0 bridgehead atoms. The molecule has 4 rings (SSSR count). The first-order valence-corrected chi connectivity index (χ1v) is 7.24. The van der Waals surface area contributed by atoms with E-state index in [-0.39, 0.29) is 0 Å². The van der Waals surface area contributed by atoms with E-state index in [2.05, 4.69) is 68.4 Å². The van der Waals surface area contributed by atoms with Crippen molar-refractivity contribution in [2.45, 2.75) is 0 Å². The number of fused-ring (bicyclic) bond motifs is 3. The highest BCUT2D eigenvalue weighted by atomic mass is 79.9. The Hall–Kier alpha value is -2.13. The van der Waals surface area contributed by atoms with Crippen molar-refractivity contribution in [3.05, 3.63) is 65.3 Å². The van der Waals surface area contributed by atoms with Crippen LogP contribution in [0.2, 0.25) is 0 Å². The molecule has 0 atom stereocenters. The summed E-state index contributed by atoms with van der Waals surface area (Å²) in [4.78, 5) is 8.12. The van der Waals surface area contributed by atoms with Crippen LogP contribution in [-0.2, 0) is 0 Å². The summed E-state index contributed by atoms with van der Waals surface area (Å²) in [6, 6.07) is 20.7. The zero-order chi connectivity index (χ0) is 13.5. The molecule has 0 aliphatic carbocycles. The van der Waals surface area contributed by atoms with Gasteiger partial charge in [-0.3, -0.25) is 0 Å². The lowest BCUT2D eigenvalue weighted by Gasteiger charge is -2.04. The molecular weight excluding hydrogens is 312 g/mol. The average Bonchev–Trinajstić information content (AvgIpc) is 2.86. The van der Waals surface area contributed by atoms with E-state index in [0.29, 0.717) is 0 Å². The number of halogens is 1. The molecule has 4 aromatic rings. The van der Waals surface area contributed by atoms with E-state index in [9.17, 15) is 0 Å². The Balaban J connectivity index is 2.16. The third-order valence-electron chi connectivity index (χ3n) is 3.51. The first-order chi connectivity index (χ1) is 9.83. The van der Waals surface area contributed by atoms with E-state index in [4.69, 9.17) is 0 Å². The Kier molecular flexibility index (Phi) is 2.60. The summed E-state index contributed by atoms with van der Waals surface area (Å²) in [6.07, 6.45) is 0. The number of pyridine rings is 1. The molecule has 96 valence electrons. The fraction of sp³-hybridized carbons (Fsp3) is 0. The second-order valence-electron chi connectivity index (χ2n) is 4.75. The van der Waals surface area contributed by atoms with Crippen molar-refractivity contribution >= 4 is 37.9 Å². The third kappa shape index (κ3) is 1.74. The van der Waals surface area contributed by atoms with E-state index < -0.39 is 0 Å². The van der Waals surface area contributed by atoms with E-state index in [1.54, 1.807) is 0 Å².